The van der Waals surface area contributed by atoms with Crippen molar-refractivity contribution in [3.8, 4) is 5.75 Å². The molecule has 0 saturated heterocycles. The van der Waals surface area contributed by atoms with E-state index in [1.165, 1.54) is 6.21 Å². The largest absolute Gasteiger partial charge is 0.486 e. The van der Waals surface area contributed by atoms with Gasteiger partial charge in [-0.05, 0) is 36.6 Å². The smallest absolute Gasteiger partial charge is 0.299 e. The van der Waals surface area contributed by atoms with Crippen LogP contribution >= 0.6 is 23.4 Å². The lowest BCUT2D eigenvalue weighted by molar-refractivity contribution is 0.135. The van der Waals surface area contributed by atoms with E-state index in [1.54, 1.807) is 42.7 Å². The molecular formula is C16H13ClF2N4O2S. The summed E-state index contributed by atoms with van der Waals surface area (Å²) in [4.78, 5) is 0. The van der Waals surface area contributed by atoms with E-state index in [4.69, 9.17) is 20.8 Å². The second kappa shape index (κ2) is 8.33. The minimum Gasteiger partial charge on any atom is -0.486 e. The average molecular weight is 399 g/mol. The molecule has 26 heavy (non-hydrogen) atoms. The molecule has 2 heterocycles. The fourth-order valence-corrected chi connectivity index (χ4v) is 2.63. The molecule has 1 aromatic carbocycles. The number of hydrogen-bond donors (Lipinski definition) is 0. The number of halogens is 3. The van der Waals surface area contributed by atoms with Gasteiger partial charge in [-0.3, -0.25) is 0 Å². The third-order valence-corrected chi connectivity index (χ3v) is 4.03. The van der Waals surface area contributed by atoms with Gasteiger partial charge in [0.15, 0.2) is 0 Å². The van der Waals surface area contributed by atoms with Crippen LogP contribution in [0.3, 0.4) is 0 Å². The van der Waals surface area contributed by atoms with Crippen molar-refractivity contribution >= 4 is 29.6 Å². The Labute approximate surface area is 156 Å². The van der Waals surface area contributed by atoms with E-state index in [1.807, 2.05) is 0 Å². The van der Waals surface area contributed by atoms with Gasteiger partial charge in [-0.25, -0.2) is 8.78 Å². The molecule has 0 aliphatic heterocycles. The van der Waals surface area contributed by atoms with Gasteiger partial charge >= 0.3 is 0 Å². The Hall–Kier alpha value is -2.39. The summed E-state index contributed by atoms with van der Waals surface area (Å²) in [5.74, 6) is 1.02. The van der Waals surface area contributed by atoms with Gasteiger partial charge in [-0.1, -0.05) is 29.4 Å². The molecule has 0 atom stereocenters. The zero-order valence-electron chi connectivity index (χ0n) is 13.5. The van der Waals surface area contributed by atoms with Crippen molar-refractivity contribution in [1.29, 1.82) is 0 Å². The monoisotopic (exact) mass is 398 g/mol. The van der Waals surface area contributed by atoms with E-state index in [-0.39, 0.29) is 11.8 Å². The molecule has 0 bridgehead atoms. The summed E-state index contributed by atoms with van der Waals surface area (Å²) in [5, 5.41) is 11.9. The predicted molar refractivity (Wildman–Crippen MR) is 94.2 cm³/mol. The molecule has 3 rings (SSSR count). The molecule has 0 aliphatic rings. The fraction of sp³-hybridized carbons (Fsp3) is 0.188. The molecule has 0 aliphatic carbocycles. The normalized spacial score (nSPS) is 11.6. The first kappa shape index (κ1) is 18.4. The number of alkyl halides is 2. The van der Waals surface area contributed by atoms with E-state index in [0.29, 0.717) is 22.3 Å². The minimum absolute atomic E-state index is 0.194. The van der Waals surface area contributed by atoms with E-state index >= 15 is 0 Å². The lowest BCUT2D eigenvalue weighted by Crippen LogP contribution is -2.00. The van der Waals surface area contributed by atoms with Gasteiger partial charge in [0, 0.05) is 5.02 Å². The second-order valence-corrected chi connectivity index (χ2v) is 6.16. The van der Waals surface area contributed by atoms with Crippen LogP contribution in [0.15, 0.2) is 51.1 Å². The quantitative estimate of drug-likeness (QED) is 0.428. The number of benzene rings is 1. The summed E-state index contributed by atoms with van der Waals surface area (Å²) in [6.45, 7) is 0.194. The van der Waals surface area contributed by atoms with Crippen LogP contribution in [0.2, 0.25) is 5.02 Å². The van der Waals surface area contributed by atoms with Gasteiger partial charge in [0.2, 0.25) is 11.0 Å². The van der Waals surface area contributed by atoms with Gasteiger partial charge in [-0.2, -0.15) is 9.78 Å². The van der Waals surface area contributed by atoms with Gasteiger partial charge in [-0.15, -0.1) is 10.2 Å². The van der Waals surface area contributed by atoms with E-state index in [2.05, 4.69) is 15.3 Å². The van der Waals surface area contributed by atoms with Gasteiger partial charge in [0.25, 0.3) is 6.43 Å². The van der Waals surface area contributed by atoms with Crippen molar-refractivity contribution < 1.29 is 17.9 Å². The first-order chi connectivity index (χ1) is 12.6. The Morgan fingerprint density at radius 1 is 1.35 bits per heavy atom. The Bertz CT molecular complexity index is 913. The third-order valence-electron chi connectivity index (χ3n) is 3.17. The number of aromatic nitrogens is 3. The van der Waals surface area contributed by atoms with E-state index < -0.39 is 12.2 Å². The van der Waals surface area contributed by atoms with Crippen LogP contribution in [0.1, 0.15) is 23.8 Å². The Balaban J connectivity index is 1.69. The summed E-state index contributed by atoms with van der Waals surface area (Å²) in [6.07, 6.45) is 0.236. The maximum Gasteiger partial charge on any atom is 0.299 e. The van der Waals surface area contributed by atoms with Crippen molar-refractivity contribution in [3.63, 3.8) is 0 Å². The number of hydrogen-bond acceptors (Lipinski definition) is 6. The molecule has 0 spiro atoms. The first-order valence-electron chi connectivity index (χ1n) is 7.35. The Morgan fingerprint density at radius 2 is 2.19 bits per heavy atom. The highest BCUT2D eigenvalue weighted by Crippen LogP contribution is 2.22. The summed E-state index contributed by atoms with van der Waals surface area (Å²) < 4.78 is 38.0. The predicted octanol–water partition coefficient (Wildman–Crippen LogP) is 4.65. The second-order valence-electron chi connectivity index (χ2n) is 4.95. The Morgan fingerprint density at radius 3 is 2.92 bits per heavy atom. The van der Waals surface area contributed by atoms with Crippen molar-refractivity contribution in [1.82, 2.24) is 14.9 Å². The summed E-state index contributed by atoms with van der Waals surface area (Å²) in [6, 6.07) is 10.4. The molecule has 136 valence electrons. The molecule has 3 aromatic rings. The zero-order chi connectivity index (χ0) is 18.5. The number of furan rings is 1. The van der Waals surface area contributed by atoms with Crippen molar-refractivity contribution in [2.75, 3.05) is 6.26 Å². The number of thioether (sulfide) groups is 1. The topological polar surface area (TPSA) is 65.4 Å². The molecule has 0 radical (unpaired) electrons. The van der Waals surface area contributed by atoms with Crippen molar-refractivity contribution in [2.24, 2.45) is 5.10 Å². The highest BCUT2D eigenvalue weighted by molar-refractivity contribution is 7.98. The molecule has 2 aromatic heterocycles. The lowest BCUT2D eigenvalue weighted by Gasteiger charge is -2.04. The van der Waals surface area contributed by atoms with E-state index in [0.717, 1.165) is 16.4 Å². The molecule has 0 unspecified atom stereocenters. The minimum atomic E-state index is -2.78. The highest BCUT2D eigenvalue weighted by Gasteiger charge is 2.19. The van der Waals surface area contributed by atoms with Gasteiger partial charge < -0.3 is 9.15 Å². The van der Waals surface area contributed by atoms with Crippen LogP contribution in [-0.2, 0) is 6.61 Å². The van der Waals surface area contributed by atoms with Gasteiger partial charge in [0.05, 0.1) is 6.21 Å². The Kier molecular flexibility index (Phi) is 5.89. The highest BCUT2D eigenvalue weighted by atomic mass is 35.5. The molecule has 10 heteroatoms. The molecule has 0 amide bonds. The SMILES string of the molecule is CSc1nnc(C(F)F)n1/N=C\c1ccc(COc2cccc(Cl)c2)o1. The summed E-state index contributed by atoms with van der Waals surface area (Å²) in [7, 11) is 0. The molecule has 6 nitrogen and oxygen atoms in total. The van der Waals surface area contributed by atoms with Crippen LogP contribution in [-0.4, -0.2) is 27.3 Å². The first-order valence-corrected chi connectivity index (χ1v) is 8.96. The molecule has 0 fully saturated rings. The van der Waals surface area contributed by atoms with Crippen LogP contribution in [0.4, 0.5) is 8.78 Å². The van der Waals surface area contributed by atoms with Gasteiger partial charge in [0.1, 0.15) is 23.9 Å². The molecule has 0 N–H and O–H groups in total. The number of rotatable bonds is 7. The summed E-state index contributed by atoms with van der Waals surface area (Å²) >= 11 is 7.05. The van der Waals surface area contributed by atoms with Crippen LogP contribution in [0, 0.1) is 0 Å². The third kappa shape index (κ3) is 4.41. The van der Waals surface area contributed by atoms with Crippen LogP contribution in [0.5, 0.6) is 5.75 Å². The number of nitrogens with zero attached hydrogens (tertiary/aromatic N) is 4. The maximum absolute atomic E-state index is 12.9. The zero-order valence-corrected chi connectivity index (χ0v) is 15.0. The lowest BCUT2D eigenvalue weighted by atomic mass is 10.3. The summed E-state index contributed by atoms with van der Waals surface area (Å²) in [5.41, 5.74) is 0. The fourth-order valence-electron chi connectivity index (χ4n) is 2.02. The standard InChI is InChI=1S/C16H13ClF2N4O2S/c1-26-16-22-21-15(14(18)19)23(16)20-8-12-5-6-13(25-12)9-24-11-4-2-3-10(17)7-11/h2-8,14H,9H2,1H3/b20-8-. The maximum atomic E-state index is 12.9. The van der Waals surface area contributed by atoms with Crippen LogP contribution in [0.25, 0.3) is 0 Å². The van der Waals surface area contributed by atoms with E-state index in [9.17, 15) is 8.78 Å². The average Bonchev–Trinajstić information content (AvgIpc) is 3.24. The van der Waals surface area contributed by atoms with Crippen molar-refractivity contribution in [2.45, 2.75) is 18.2 Å². The molecular weight excluding hydrogens is 386 g/mol. The van der Waals surface area contributed by atoms with Crippen LogP contribution < -0.4 is 4.74 Å². The van der Waals surface area contributed by atoms with Crippen molar-refractivity contribution in [3.05, 3.63) is 58.8 Å². The molecule has 0 saturated carbocycles. The number of ether oxygens (including phenoxy) is 1.